The predicted molar refractivity (Wildman–Crippen MR) is 78.0 cm³/mol. The quantitative estimate of drug-likeness (QED) is 0.628. The Hall–Kier alpha value is -2.20. The number of benzene rings is 2. The zero-order valence-electron chi connectivity index (χ0n) is 11.2. The summed E-state index contributed by atoms with van der Waals surface area (Å²) in [5.41, 5.74) is 8.51. The van der Waals surface area contributed by atoms with Gasteiger partial charge in [0.05, 0.1) is 0 Å². The number of nitrogens with two attached hydrogens (primary N) is 1. The third-order valence-electron chi connectivity index (χ3n) is 3.30. The molecule has 0 spiro atoms. The largest absolute Gasteiger partial charge is 0.508 e. The number of hydrogen-bond acceptors (Lipinski definition) is 4. The van der Waals surface area contributed by atoms with Crippen LogP contribution in [0.1, 0.15) is 16.7 Å². The molecule has 2 rings (SSSR count). The number of rotatable bonds is 5. The highest BCUT2D eigenvalue weighted by molar-refractivity contribution is 5.46. The minimum atomic E-state index is -0.116. The second-order valence-electron chi connectivity index (χ2n) is 4.82. The molecule has 20 heavy (non-hydrogen) atoms. The van der Waals surface area contributed by atoms with Crippen LogP contribution in [0.3, 0.4) is 0 Å². The number of hydrogen-bond donors (Lipinski definition) is 4. The molecule has 0 bridgehead atoms. The first-order valence-electron chi connectivity index (χ1n) is 6.62. The van der Waals surface area contributed by atoms with Crippen molar-refractivity contribution in [2.45, 2.75) is 19.3 Å². The van der Waals surface area contributed by atoms with E-state index in [1.807, 2.05) is 6.07 Å². The standard InChI is InChI=1S/C16H19NO3/c17-7-6-13-10-16(20)15(19)9-12(13)5-4-11-2-1-3-14(18)8-11/h1-3,8-10,18-20H,4-7,17H2. The highest BCUT2D eigenvalue weighted by Gasteiger charge is 2.08. The van der Waals surface area contributed by atoms with Gasteiger partial charge in [-0.2, -0.15) is 0 Å². The van der Waals surface area contributed by atoms with Crippen molar-refractivity contribution in [2.75, 3.05) is 6.54 Å². The van der Waals surface area contributed by atoms with Gasteiger partial charge in [0, 0.05) is 0 Å². The van der Waals surface area contributed by atoms with Crippen LogP contribution in [0.25, 0.3) is 0 Å². The molecule has 0 atom stereocenters. The van der Waals surface area contributed by atoms with Gasteiger partial charge in [-0.1, -0.05) is 12.1 Å². The molecule has 0 aliphatic heterocycles. The zero-order chi connectivity index (χ0) is 14.5. The lowest BCUT2D eigenvalue weighted by atomic mass is 9.97. The van der Waals surface area contributed by atoms with Gasteiger partial charge in [-0.25, -0.2) is 0 Å². The molecule has 0 aliphatic carbocycles. The molecule has 106 valence electrons. The summed E-state index contributed by atoms with van der Waals surface area (Å²) < 4.78 is 0. The highest BCUT2D eigenvalue weighted by atomic mass is 16.3. The van der Waals surface area contributed by atoms with Crippen LogP contribution in [0.5, 0.6) is 17.2 Å². The van der Waals surface area contributed by atoms with Crippen molar-refractivity contribution in [3.05, 3.63) is 53.1 Å². The Morgan fingerprint density at radius 2 is 1.45 bits per heavy atom. The Labute approximate surface area is 118 Å². The lowest BCUT2D eigenvalue weighted by Gasteiger charge is -2.11. The van der Waals surface area contributed by atoms with Crippen molar-refractivity contribution in [3.63, 3.8) is 0 Å². The van der Waals surface area contributed by atoms with Crippen molar-refractivity contribution in [2.24, 2.45) is 5.73 Å². The second-order valence-corrected chi connectivity index (χ2v) is 4.82. The maximum Gasteiger partial charge on any atom is 0.157 e. The molecular formula is C16H19NO3. The second kappa shape index (κ2) is 6.30. The Morgan fingerprint density at radius 3 is 2.05 bits per heavy atom. The van der Waals surface area contributed by atoms with Gasteiger partial charge in [-0.3, -0.25) is 0 Å². The van der Waals surface area contributed by atoms with Crippen molar-refractivity contribution in [3.8, 4) is 17.2 Å². The molecule has 0 fully saturated rings. The van der Waals surface area contributed by atoms with Crippen molar-refractivity contribution < 1.29 is 15.3 Å². The third kappa shape index (κ3) is 3.42. The van der Waals surface area contributed by atoms with Gasteiger partial charge in [0.2, 0.25) is 0 Å². The first-order valence-corrected chi connectivity index (χ1v) is 6.62. The van der Waals surface area contributed by atoms with Crippen molar-refractivity contribution in [1.29, 1.82) is 0 Å². The van der Waals surface area contributed by atoms with Crippen LogP contribution in [-0.4, -0.2) is 21.9 Å². The van der Waals surface area contributed by atoms with Gasteiger partial charge < -0.3 is 21.1 Å². The molecule has 4 nitrogen and oxygen atoms in total. The first-order chi connectivity index (χ1) is 9.60. The molecule has 0 amide bonds. The number of phenols is 3. The van der Waals surface area contributed by atoms with Crippen molar-refractivity contribution >= 4 is 0 Å². The first kappa shape index (κ1) is 14.2. The summed E-state index contributed by atoms with van der Waals surface area (Å²) in [4.78, 5) is 0. The smallest absolute Gasteiger partial charge is 0.157 e. The van der Waals surface area contributed by atoms with Gasteiger partial charge in [-0.15, -0.1) is 0 Å². The van der Waals surface area contributed by atoms with Gasteiger partial charge in [0.25, 0.3) is 0 Å². The van der Waals surface area contributed by atoms with E-state index in [-0.39, 0.29) is 17.2 Å². The molecule has 4 heteroatoms. The van der Waals surface area contributed by atoms with Crippen LogP contribution < -0.4 is 5.73 Å². The minimum Gasteiger partial charge on any atom is -0.508 e. The fraction of sp³-hybridized carbons (Fsp3) is 0.250. The monoisotopic (exact) mass is 273 g/mol. The SMILES string of the molecule is NCCc1cc(O)c(O)cc1CCc1cccc(O)c1. The van der Waals surface area contributed by atoms with E-state index in [2.05, 4.69) is 0 Å². The van der Waals surface area contributed by atoms with Crippen LogP contribution in [0.2, 0.25) is 0 Å². The van der Waals surface area contributed by atoms with E-state index in [4.69, 9.17) is 5.73 Å². The molecular weight excluding hydrogens is 254 g/mol. The Balaban J connectivity index is 2.17. The minimum absolute atomic E-state index is 0.114. The summed E-state index contributed by atoms with van der Waals surface area (Å²) in [6, 6.07) is 10.3. The van der Waals surface area contributed by atoms with E-state index in [0.29, 0.717) is 19.4 Å². The summed E-state index contributed by atoms with van der Waals surface area (Å²) in [5.74, 6) is 0.0180. The van der Waals surface area contributed by atoms with E-state index < -0.39 is 0 Å². The fourth-order valence-corrected chi connectivity index (χ4v) is 2.28. The summed E-state index contributed by atoms with van der Waals surface area (Å²) in [6.07, 6.45) is 2.12. The predicted octanol–water partition coefficient (Wildman–Crippen LogP) is 2.09. The van der Waals surface area contributed by atoms with Crippen LogP contribution in [0.15, 0.2) is 36.4 Å². The van der Waals surface area contributed by atoms with Crippen LogP contribution in [0, 0.1) is 0 Å². The molecule has 5 N–H and O–H groups in total. The summed E-state index contributed by atoms with van der Waals surface area (Å²) >= 11 is 0. The lowest BCUT2D eigenvalue weighted by Crippen LogP contribution is -2.06. The molecule has 0 radical (unpaired) electrons. The van der Waals surface area contributed by atoms with Gasteiger partial charge in [-0.05, 0) is 66.8 Å². The average molecular weight is 273 g/mol. The van der Waals surface area contributed by atoms with Gasteiger partial charge in [0.1, 0.15) is 5.75 Å². The Morgan fingerprint density at radius 1 is 0.800 bits per heavy atom. The number of aromatic hydroxyl groups is 3. The van der Waals surface area contributed by atoms with E-state index in [1.54, 1.807) is 30.3 Å². The highest BCUT2D eigenvalue weighted by Crippen LogP contribution is 2.29. The molecule has 0 aromatic heterocycles. The van der Waals surface area contributed by atoms with E-state index in [0.717, 1.165) is 23.1 Å². The van der Waals surface area contributed by atoms with Crippen LogP contribution in [-0.2, 0) is 19.3 Å². The summed E-state index contributed by atoms with van der Waals surface area (Å²) in [5, 5.41) is 28.6. The summed E-state index contributed by atoms with van der Waals surface area (Å²) in [6.45, 7) is 0.489. The van der Waals surface area contributed by atoms with E-state index in [1.165, 1.54) is 0 Å². The van der Waals surface area contributed by atoms with Crippen LogP contribution >= 0.6 is 0 Å². The van der Waals surface area contributed by atoms with Gasteiger partial charge >= 0.3 is 0 Å². The normalized spacial score (nSPS) is 10.7. The molecule has 0 saturated heterocycles. The van der Waals surface area contributed by atoms with E-state index >= 15 is 0 Å². The molecule has 2 aromatic carbocycles. The molecule has 0 unspecified atom stereocenters. The average Bonchev–Trinajstić information content (AvgIpc) is 2.41. The van der Waals surface area contributed by atoms with E-state index in [9.17, 15) is 15.3 Å². The summed E-state index contributed by atoms with van der Waals surface area (Å²) in [7, 11) is 0. The topological polar surface area (TPSA) is 86.7 Å². The number of aryl methyl sites for hydroxylation is 2. The maximum absolute atomic E-state index is 9.61. The van der Waals surface area contributed by atoms with Gasteiger partial charge in [0.15, 0.2) is 11.5 Å². The molecule has 0 heterocycles. The zero-order valence-corrected chi connectivity index (χ0v) is 11.2. The molecule has 0 saturated carbocycles. The number of phenolic OH excluding ortho intramolecular Hbond substituents is 3. The van der Waals surface area contributed by atoms with Crippen molar-refractivity contribution in [1.82, 2.24) is 0 Å². The Bertz CT molecular complexity index is 596. The molecule has 2 aromatic rings. The molecule has 0 aliphatic rings. The fourth-order valence-electron chi connectivity index (χ4n) is 2.28. The Kier molecular flexibility index (Phi) is 4.48. The van der Waals surface area contributed by atoms with Crippen LogP contribution in [0.4, 0.5) is 0 Å². The lowest BCUT2D eigenvalue weighted by molar-refractivity contribution is 0.402. The maximum atomic E-state index is 9.61. The third-order valence-corrected chi connectivity index (χ3v) is 3.30.